The lowest BCUT2D eigenvalue weighted by molar-refractivity contribution is 0.206. The van der Waals surface area contributed by atoms with Crippen LogP contribution in [0.15, 0.2) is 30.3 Å². The van der Waals surface area contributed by atoms with Crippen LogP contribution in [0.5, 0.6) is 0 Å². The maximum atomic E-state index is 3.67. The molecule has 2 heterocycles. The molecular weight excluding hydrogens is 208 g/mol. The van der Waals surface area contributed by atoms with Crippen LogP contribution in [0.3, 0.4) is 0 Å². The first-order chi connectivity index (χ1) is 8.43. The van der Waals surface area contributed by atoms with Crippen molar-refractivity contribution in [2.75, 3.05) is 13.1 Å². The Labute approximate surface area is 104 Å². The van der Waals surface area contributed by atoms with Crippen molar-refractivity contribution in [3.05, 3.63) is 35.9 Å². The fourth-order valence-corrected chi connectivity index (χ4v) is 3.36. The molecule has 0 spiro atoms. The molecule has 1 aromatic carbocycles. The number of rotatable bonds is 3. The molecule has 0 saturated carbocycles. The van der Waals surface area contributed by atoms with Crippen molar-refractivity contribution in [3.8, 4) is 0 Å². The number of nitrogens with one attached hydrogen (secondary N) is 1. The molecule has 0 aromatic heterocycles. The third-order valence-corrected chi connectivity index (χ3v) is 4.21. The largest absolute Gasteiger partial charge is 0.312 e. The lowest BCUT2D eigenvalue weighted by atomic mass is 10.0. The van der Waals surface area contributed by atoms with E-state index in [1.807, 2.05) is 0 Å². The average molecular weight is 230 g/mol. The predicted molar refractivity (Wildman–Crippen MR) is 70.9 cm³/mol. The van der Waals surface area contributed by atoms with Gasteiger partial charge in [0.15, 0.2) is 0 Å². The lowest BCUT2D eigenvalue weighted by Gasteiger charge is -2.29. The van der Waals surface area contributed by atoms with Crippen LogP contribution in [-0.2, 0) is 6.54 Å². The van der Waals surface area contributed by atoms with Crippen LogP contribution >= 0.6 is 0 Å². The van der Waals surface area contributed by atoms with E-state index in [0.29, 0.717) is 0 Å². The van der Waals surface area contributed by atoms with Crippen molar-refractivity contribution in [2.24, 2.45) is 0 Å². The first-order valence-corrected chi connectivity index (χ1v) is 6.95. The summed E-state index contributed by atoms with van der Waals surface area (Å²) in [5.74, 6) is 0. The highest BCUT2D eigenvalue weighted by Crippen LogP contribution is 2.26. The van der Waals surface area contributed by atoms with Gasteiger partial charge in [-0.1, -0.05) is 30.3 Å². The second-order valence-corrected chi connectivity index (χ2v) is 5.37. The standard InChI is InChI=1S/C15H22N2/c1-2-6-13(7-3-1)12-17-11-5-9-15(17)14-8-4-10-16-14/h1-3,6-7,14-16H,4-5,8-12H2/t14-,15-/m0/s1. The zero-order chi connectivity index (χ0) is 11.5. The van der Waals surface area contributed by atoms with Gasteiger partial charge in [-0.25, -0.2) is 0 Å². The molecule has 0 aliphatic carbocycles. The van der Waals surface area contributed by atoms with E-state index < -0.39 is 0 Å². The first kappa shape index (κ1) is 11.2. The van der Waals surface area contributed by atoms with Gasteiger partial charge >= 0.3 is 0 Å². The summed E-state index contributed by atoms with van der Waals surface area (Å²) in [5, 5.41) is 3.67. The Morgan fingerprint density at radius 3 is 2.76 bits per heavy atom. The van der Waals surface area contributed by atoms with Crippen molar-refractivity contribution in [2.45, 2.75) is 44.3 Å². The van der Waals surface area contributed by atoms with Crippen LogP contribution in [0.1, 0.15) is 31.2 Å². The Morgan fingerprint density at radius 2 is 2.00 bits per heavy atom. The molecule has 0 bridgehead atoms. The zero-order valence-electron chi connectivity index (χ0n) is 10.4. The van der Waals surface area contributed by atoms with Crippen molar-refractivity contribution in [1.82, 2.24) is 10.2 Å². The molecule has 2 fully saturated rings. The van der Waals surface area contributed by atoms with E-state index in [2.05, 4.69) is 40.5 Å². The highest BCUT2D eigenvalue weighted by Gasteiger charge is 2.32. The summed E-state index contributed by atoms with van der Waals surface area (Å²) in [6.07, 6.45) is 5.48. The smallest absolute Gasteiger partial charge is 0.0253 e. The molecule has 3 rings (SSSR count). The monoisotopic (exact) mass is 230 g/mol. The molecule has 2 saturated heterocycles. The van der Waals surface area contributed by atoms with Crippen molar-refractivity contribution < 1.29 is 0 Å². The minimum atomic E-state index is 0.751. The average Bonchev–Trinajstić information content (AvgIpc) is 3.00. The molecule has 92 valence electrons. The minimum absolute atomic E-state index is 0.751. The number of nitrogens with zero attached hydrogens (tertiary/aromatic N) is 1. The molecule has 0 unspecified atom stereocenters. The molecule has 17 heavy (non-hydrogen) atoms. The SMILES string of the molecule is c1ccc(CN2CCC[C@H]2[C@@H]2CCCN2)cc1. The maximum absolute atomic E-state index is 3.67. The van der Waals surface area contributed by atoms with Crippen LogP contribution in [0.2, 0.25) is 0 Å². The second-order valence-electron chi connectivity index (χ2n) is 5.37. The van der Waals surface area contributed by atoms with Crippen LogP contribution in [0, 0.1) is 0 Å². The molecule has 0 amide bonds. The van der Waals surface area contributed by atoms with E-state index in [1.165, 1.54) is 44.3 Å². The number of benzene rings is 1. The van der Waals surface area contributed by atoms with Crippen LogP contribution in [-0.4, -0.2) is 30.1 Å². The Hall–Kier alpha value is -0.860. The third-order valence-electron chi connectivity index (χ3n) is 4.21. The zero-order valence-corrected chi connectivity index (χ0v) is 10.4. The van der Waals surface area contributed by atoms with Gasteiger partial charge in [-0.3, -0.25) is 4.90 Å². The second kappa shape index (κ2) is 5.19. The fourth-order valence-electron chi connectivity index (χ4n) is 3.36. The summed E-state index contributed by atoms with van der Waals surface area (Å²) in [4.78, 5) is 2.68. The van der Waals surface area contributed by atoms with Crippen molar-refractivity contribution in [3.63, 3.8) is 0 Å². The summed E-state index contributed by atoms with van der Waals surface area (Å²) < 4.78 is 0. The summed E-state index contributed by atoms with van der Waals surface area (Å²) in [6.45, 7) is 3.63. The van der Waals surface area contributed by atoms with Crippen LogP contribution < -0.4 is 5.32 Å². The van der Waals surface area contributed by atoms with Gasteiger partial charge in [0.1, 0.15) is 0 Å². The number of hydrogen-bond donors (Lipinski definition) is 1. The quantitative estimate of drug-likeness (QED) is 0.858. The normalized spacial score (nSPS) is 29.9. The van der Waals surface area contributed by atoms with Gasteiger partial charge in [0.05, 0.1) is 0 Å². The van der Waals surface area contributed by atoms with Crippen LogP contribution in [0.4, 0.5) is 0 Å². The molecule has 1 N–H and O–H groups in total. The van der Waals surface area contributed by atoms with Gasteiger partial charge in [-0.05, 0) is 44.3 Å². The van der Waals surface area contributed by atoms with Gasteiger partial charge in [-0.2, -0.15) is 0 Å². The molecular formula is C15H22N2. The Kier molecular flexibility index (Phi) is 3.44. The van der Waals surface area contributed by atoms with Crippen LogP contribution in [0.25, 0.3) is 0 Å². The predicted octanol–water partition coefficient (Wildman–Crippen LogP) is 2.40. The first-order valence-electron chi connectivity index (χ1n) is 6.95. The van der Waals surface area contributed by atoms with E-state index in [-0.39, 0.29) is 0 Å². The van der Waals surface area contributed by atoms with Crippen molar-refractivity contribution >= 4 is 0 Å². The van der Waals surface area contributed by atoms with E-state index in [9.17, 15) is 0 Å². The van der Waals surface area contributed by atoms with Gasteiger partial charge < -0.3 is 5.32 Å². The summed E-state index contributed by atoms with van der Waals surface area (Å²) in [7, 11) is 0. The Bertz CT molecular complexity index is 343. The van der Waals surface area contributed by atoms with Gasteiger partial charge in [-0.15, -0.1) is 0 Å². The highest BCUT2D eigenvalue weighted by molar-refractivity contribution is 5.15. The lowest BCUT2D eigenvalue weighted by Crippen LogP contribution is -2.43. The fraction of sp³-hybridized carbons (Fsp3) is 0.600. The van der Waals surface area contributed by atoms with E-state index in [4.69, 9.17) is 0 Å². The van der Waals surface area contributed by atoms with E-state index >= 15 is 0 Å². The van der Waals surface area contributed by atoms with Gasteiger partial charge in [0, 0.05) is 18.6 Å². The van der Waals surface area contributed by atoms with Crippen molar-refractivity contribution in [1.29, 1.82) is 0 Å². The molecule has 2 heteroatoms. The number of likely N-dealkylation sites (tertiary alicyclic amines) is 1. The topological polar surface area (TPSA) is 15.3 Å². The third kappa shape index (κ3) is 2.53. The molecule has 2 aliphatic rings. The Morgan fingerprint density at radius 1 is 1.12 bits per heavy atom. The summed E-state index contributed by atoms with van der Waals surface area (Å²) >= 11 is 0. The van der Waals surface area contributed by atoms with Gasteiger partial charge in [0.25, 0.3) is 0 Å². The molecule has 1 aromatic rings. The molecule has 2 atom stereocenters. The molecule has 2 nitrogen and oxygen atoms in total. The van der Waals surface area contributed by atoms with E-state index in [0.717, 1.165) is 18.6 Å². The molecule has 2 aliphatic heterocycles. The molecule has 0 radical (unpaired) electrons. The summed E-state index contributed by atoms with van der Waals surface area (Å²) in [5.41, 5.74) is 1.46. The minimum Gasteiger partial charge on any atom is -0.312 e. The highest BCUT2D eigenvalue weighted by atomic mass is 15.2. The Balaban J connectivity index is 1.65. The van der Waals surface area contributed by atoms with E-state index in [1.54, 1.807) is 0 Å². The maximum Gasteiger partial charge on any atom is 0.0253 e. The summed E-state index contributed by atoms with van der Waals surface area (Å²) in [6, 6.07) is 12.4. The number of hydrogen-bond acceptors (Lipinski definition) is 2. The van der Waals surface area contributed by atoms with Gasteiger partial charge in [0.2, 0.25) is 0 Å².